The average molecular weight is 272 g/mol. The van der Waals surface area contributed by atoms with Crippen molar-refractivity contribution in [2.45, 2.75) is 5.33 Å². The van der Waals surface area contributed by atoms with E-state index in [1.165, 1.54) is 0 Å². The van der Waals surface area contributed by atoms with Crippen molar-refractivity contribution in [1.29, 1.82) is 0 Å². The number of carbonyl (C=O) groups excluding carboxylic acids is 1. The minimum Gasteiger partial charge on any atom is -0.383 e. The maximum Gasteiger partial charge on any atom is 0.251 e. The summed E-state index contributed by atoms with van der Waals surface area (Å²) in [5, 5.41) is 3.57. The van der Waals surface area contributed by atoms with E-state index in [1.54, 1.807) is 7.11 Å². The Kier molecular flexibility index (Phi) is 5.36. The topological polar surface area (TPSA) is 38.3 Å². The van der Waals surface area contributed by atoms with Crippen molar-refractivity contribution in [3.8, 4) is 0 Å². The van der Waals surface area contributed by atoms with Crippen LogP contribution in [0.3, 0.4) is 0 Å². The van der Waals surface area contributed by atoms with Crippen LogP contribution in [0, 0.1) is 0 Å². The zero-order valence-electron chi connectivity index (χ0n) is 8.63. The minimum absolute atomic E-state index is 0.0619. The molecule has 0 fully saturated rings. The molecule has 1 amide bonds. The van der Waals surface area contributed by atoms with Gasteiger partial charge in [0, 0.05) is 24.5 Å². The van der Waals surface area contributed by atoms with Gasteiger partial charge in [-0.15, -0.1) is 0 Å². The number of rotatable bonds is 5. The molecule has 0 radical (unpaired) electrons. The second kappa shape index (κ2) is 6.58. The highest BCUT2D eigenvalue weighted by molar-refractivity contribution is 9.08. The largest absolute Gasteiger partial charge is 0.383 e. The van der Waals surface area contributed by atoms with Crippen LogP contribution in [0.1, 0.15) is 15.9 Å². The number of halogens is 1. The predicted octanol–water partition coefficient (Wildman–Crippen LogP) is 1.96. The van der Waals surface area contributed by atoms with Crippen LogP contribution in [-0.2, 0) is 10.1 Å². The molecule has 1 aromatic carbocycles. The molecule has 15 heavy (non-hydrogen) atoms. The Balaban J connectivity index is 2.50. The molecule has 0 spiro atoms. The molecule has 3 nitrogen and oxygen atoms in total. The molecule has 1 N–H and O–H groups in total. The molecule has 0 bridgehead atoms. The van der Waals surface area contributed by atoms with Crippen molar-refractivity contribution in [3.05, 3.63) is 35.4 Å². The number of ether oxygens (including phenoxy) is 1. The molecule has 1 aromatic rings. The third-order valence-corrected chi connectivity index (χ3v) is 2.61. The fourth-order valence-corrected chi connectivity index (χ4v) is 1.49. The van der Waals surface area contributed by atoms with Gasteiger partial charge in [0.1, 0.15) is 0 Å². The molecule has 0 aromatic heterocycles. The zero-order valence-corrected chi connectivity index (χ0v) is 10.2. The molecule has 82 valence electrons. The number of hydrogen-bond donors (Lipinski definition) is 1. The highest BCUT2D eigenvalue weighted by atomic mass is 79.9. The summed E-state index contributed by atoms with van der Waals surface area (Å²) < 4.78 is 4.84. The minimum atomic E-state index is -0.0619. The Morgan fingerprint density at radius 2 is 2.07 bits per heavy atom. The van der Waals surface area contributed by atoms with Crippen molar-refractivity contribution >= 4 is 21.8 Å². The van der Waals surface area contributed by atoms with Gasteiger partial charge in [-0.3, -0.25) is 4.79 Å². The van der Waals surface area contributed by atoms with E-state index in [4.69, 9.17) is 4.74 Å². The van der Waals surface area contributed by atoms with Gasteiger partial charge in [-0.1, -0.05) is 28.1 Å². The smallest absolute Gasteiger partial charge is 0.251 e. The van der Waals surface area contributed by atoms with Gasteiger partial charge in [-0.25, -0.2) is 0 Å². The summed E-state index contributed by atoms with van der Waals surface area (Å²) in [5.74, 6) is -0.0619. The third-order valence-electron chi connectivity index (χ3n) is 1.96. The monoisotopic (exact) mass is 271 g/mol. The molecule has 0 aliphatic rings. The number of benzene rings is 1. The molecule has 0 saturated heterocycles. The number of hydrogen-bond acceptors (Lipinski definition) is 2. The lowest BCUT2D eigenvalue weighted by Crippen LogP contribution is -2.26. The lowest BCUT2D eigenvalue weighted by molar-refractivity contribution is 0.0937. The summed E-state index contributed by atoms with van der Waals surface area (Å²) >= 11 is 3.35. The van der Waals surface area contributed by atoms with Gasteiger partial charge in [0.15, 0.2) is 0 Å². The first-order valence-corrected chi connectivity index (χ1v) is 5.82. The molecule has 0 unspecified atom stereocenters. The van der Waals surface area contributed by atoms with E-state index in [1.807, 2.05) is 24.3 Å². The van der Waals surface area contributed by atoms with E-state index >= 15 is 0 Å². The zero-order chi connectivity index (χ0) is 11.1. The Bertz CT molecular complexity index is 311. The lowest BCUT2D eigenvalue weighted by Gasteiger charge is -2.04. The fourth-order valence-electron chi connectivity index (χ4n) is 1.11. The van der Waals surface area contributed by atoms with Gasteiger partial charge in [0.25, 0.3) is 5.91 Å². The number of amides is 1. The first-order chi connectivity index (χ1) is 7.27. The predicted molar refractivity (Wildman–Crippen MR) is 63.3 cm³/mol. The summed E-state index contributed by atoms with van der Waals surface area (Å²) in [6.07, 6.45) is 0. The SMILES string of the molecule is COCCNC(=O)c1ccc(CBr)cc1. The average Bonchev–Trinajstić information content (AvgIpc) is 2.29. The Labute approximate surface area is 97.9 Å². The Morgan fingerprint density at radius 3 is 2.60 bits per heavy atom. The second-order valence-electron chi connectivity index (χ2n) is 3.08. The number of methoxy groups -OCH3 is 1. The van der Waals surface area contributed by atoms with Crippen molar-refractivity contribution in [2.75, 3.05) is 20.3 Å². The summed E-state index contributed by atoms with van der Waals surface area (Å²) in [6.45, 7) is 1.07. The van der Waals surface area contributed by atoms with Crippen LogP contribution in [-0.4, -0.2) is 26.2 Å². The maximum absolute atomic E-state index is 11.5. The fraction of sp³-hybridized carbons (Fsp3) is 0.364. The molecule has 4 heteroatoms. The first-order valence-electron chi connectivity index (χ1n) is 4.70. The van der Waals surface area contributed by atoms with Crippen LogP contribution < -0.4 is 5.32 Å². The summed E-state index contributed by atoms with van der Waals surface area (Å²) in [4.78, 5) is 11.5. The molecule has 1 rings (SSSR count). The van der Waals surface area contributed by atoms with Crippen LogP contribution in [0.2, 0.25) is 0 Å². The highest BCUT2D eigenvalue weighted by Gasteiger charge is 2.03. The molecular formula is C11H14BrNO2. The summed E-state index contributed by atoms with van der Waals surface area (Å²) in [6, 6.07) is 7.50. The van der Waals surface area contributed by atoms with E-state index in [-0.39, 0.29) is 5.91 Å². The summed E-state index contributed by atoms with van der Waals surface area (Å²) in [7, 11) is 1.61. The van der Waals surface area contributed by atoms with Crippen molar-refractivity contribution in [3.63, 3.8) is 0 Å². The van der Waals surface area contributed by atoms with Gasteiger partial charge in [0.05, 0.1) is 6.61 Å². The van der Waals surface area contributed by atoms with Gasteiger partial charge in [-0.05, 0) is 17.7 Å². The van der Waals surface area contributed by atoms with Crippen molar-refractivity contribution in [2.24, 2.45) is 0 Å². The lowest BCUT2D eigenvalue weighted by atomic mass is 10.1. The molecule has 0 saturated carbocycles. The van der Waals surface area contributed by atoms with E-state index in [0.29, 0.717) is 18.7 Å². The van der Waals surface area contributed by atoms with Crippen LogP contribution in [0.5, 0.6) is 0 Å². The van der Waals surface area contributed by atoms with E-state index in [9.17, 15) is 4.79 Å². The number of nitrogens with one attached hydrogen (secondary N) is 1. The van der Waals surface area contributed by atoms with Crippen LogP contribution in [0.25, 0.3) is 0 Å². The molecule has 0 heterocycles. The first kappa shape index (κ1) is 12.2. The van der Waals surface area contributed by atoms with Gasteiger partial charge in [0.2, 0.25) is 0 Å². The normalized spacial score (nSPS) is 10.0. The number of alkyl halides is 1. The molecule has 0 aliphatic heterocycles. The van der Waals surface area contributed by atoms with Crippen LogP contribution in [0.4, 0.5) is 0 Å². The van der Waals surface area contributed by atoms with E-state index in [0.717, 1.165) is 10.9 Å². The Morgan fingerprint density at radius 1 is 1.40 bits per heavy atom. The molecular weight excluding hydrogens is 258 g/mol. The Hall–Kier alpha value is -0.870. The van der Waals surface area contributed by atoms with E-state index < -0.39 is 0 Å². The van der Waals surface area contributed by atoms with Crippen LogP contribution >= 0.6 is 15.9 Å². The van der Waals surface area contributed by atoms with Gasteiger partial charge >= 0.3 is 0 Å². The maximum atomic E-state index is 11.5. The van der Waals surface area contributed by atoms with E-state index in [2.05, 4.69) is 21.2 Å². The quantitative estimate of drug-likeness (QED) is 0.657. The standard InChI is InChI=1S/C11H14BrNO2/c1-15-7-6-13-11(14)10-4-2-9(8-12)3-5-10/h2-5H,6-8H2,1H3,(H,13,14). The second-order valence-corrected chi connectivity index (χ2v) is 3.64. The van der Waals surface area contributed by atoms with Crippen molar-refractivity contribution < 1.29 is 9.53 Å². The van der Waals surface area contributed by atoms with Gasteiger partial charge in [-0.2, -0.15) is 0 Å². The van der Waals surface area contributed by atoms with Crippen LogP contribution in [0.15, 0.2) is 24.3 Å². The third kappa shape index (κ3) is 4.01. The van der Waals surface area contributed by atoms with Crippen molar-refractivity contribution in [1.82, 2.24) is 5.32 Å². The molecule has 0 atom stereocenters. The molecule has 0 aliphatic carbocycles. The summed E-state index contributed by atoms with van der Waals surface area (Å²) in [5.41, 5.74) is 1.83. The van der Waals surface area contributed by atoms with Gasteiger partial charge < -0.3 is 10.1 Å². The highest BCUT2D eigenvalue weighted by Crippen LogP contribution is 2.07. The number of carbonyl (C=O) groups is 1.